The van der Waals surface area contributed by atoms with Gasteiger partial charge in [-0.05, 0) is 13.3 Å². The first-order valence-electron chi connectivity index (χ1n) is 7.10. The second-order valence-electron chi connectivity index (χ2n) is 4.94. The first-order chi connectivity index (χ1) is 10.4. The van der Waals surface area contributed by atoms with Gasteiger partial charge in [-0.15, -0.1) is 6.58 Å². The summed E-state index contributed by atoms with van der Waals surface area (Å²) in [5.74, 6) is -1.28. The fourth-order valence-electron chi connectivity index (χ4n) is 2.23. The maximum absolute atomic E-state index is 12.4. The van der Waals surface area contributed by atoms with Crippen molar-refractivity contribution in [1.82, 2.24) is 5.32 Å². The molecule has 5 heteroatoms. The summed E-state index contributed by atoms with van der Waals surface area (Å²) in [4.78, 5) is 36.2. The Labute approximate surface area is 130 Å². The molecule has 0 aliphatic carbocycles. The van der Waals surface area contributed by atoms with Crippen LogP contribution in [0.3, 0.4) is 0 Å². The van der Waals surface area contributed by atoms with Crippen LogP contribution in [-0.2, 0) is 14.3 Å². The second-order valence-corrected chi connectivity index (χ2v) is 4.94. The van der Waals surface area contributed by atoms with Crippen LogP contribution in [0.15, 0.2) is 43.0 Å². The molecule has 1 atom stereocenters. The van der Waals surface area contributed by atoms with Crippen molar-refractivity contribution in [2.24, 2.45) is 0 Å². The highest BCUT2D eigenvalue weighted by Gasteiger charge is 2.41. The largest absolute Gasteiger partial charge is 0.464 e. The molecular weight excluding hydrogens is 282 g/mol. The number of benzene rings is 1. The number of rotatable bonds is 8. The number of hydrogen-bond donors (Lipinski definition) is 1. The summed E-state index contributed by atoms with van der Waals surface area (Å²) in [6.45, 7) is 6.73. The lowest BCUT2D eigenvalue weighted by Gasteiger charge is -2.30. The molecule has 0 aromatic heterocycles. The third-order valence-electron chi connectivity index (χ3n) is 3.13. The van der Waals surface area contributed by atoms with E-state index in [9.17, 15) is 14.4 Å². The summed E-state index contributed by atoms with van der Waals surface area (Å²) in [6.07, 6.45) is 1.43. The molecule has 22 heavy (non-hydrogen) atoms. The number of ether oxygens (including phenoxy) is 1. The van der Waals surface area contributed by atoms with Crippen LogP contribution in [-0.4, -0.2) is 29.8 Å². The van der Waals surface area contributed by atoms with Crippen molar-refractivity contribution >= 4 is 17.7 Å². The Hall–Kier alpha value is -2.43. The molecule has 0 saturated heterocycles. The predicted octanol–water partition coefficient (Wildman–Crippen LogP) is 2.27. The number of amides is 1. The fourth-order valence-corrected chi connectivity index (χ4v) is 2.23. The zero-order valence-corrected chi connectivity index (χ0v) is 12.9. The number of Topliss-reactive ketones (excluding diaryl/α,β-unsaturated/α-hetero) is 1. The summed E-state index contributed by atoms with van der Waals surface area (Å²) < 4.78 is 5.04. The van der Waals surface area contributed by atoms with E-state index in [-0.39, 0.29) is 25.2 Å². The summed E-state index contributed by atoms with van der Waals surface area (Å²) in [7, 11) is 0. The van der Waals surface area contributed by atoms with E-state index in [1.54, 1.807) is 37.3 Å². The molecule has 0 radical (unpaired) electrons. The van der Waals surface area contributed by atoms with Gasteiger partial charge in [-0.1, -0.05) is 36.4 Å². The lowest BCUT2D eigenvalue weighted by Crippen LogP contribution is -2.55. The Balaban J connectivity index is 3.11. The summed E-state index contributed by atoms with van der Waals surface area (Å²) in [5.41, 5.74) is -0.943. The lowest BCUT2D eigenvalue weighted by atomic mass is 9.87. The average Bonchev–Trinajstić information content (AvgIpc) is 2.47. The molecule has 0 heterocycles. The first kappa shape index (κ1) is 17.6. The number of ketones is 1. The minimum atomic E-state index is -1.42. The van der Waals surface area contributed by atoms with E-state index in [2.05, 4.69) is 11.9 Å². The van der Waals surface area contributed by atoms with Crippen molar-refractivity contribution in [3.8, 4) is 0 Å². The van der Waals surface area contributed by atoms with Gasteiger partial charge in [0.1, 0.15) is 5.54 Å². The van der Waals surface area contributed by atoms with Crippen LogP contribution in [0.2, 0.25) is 0 Å². The van der Waals surface area contributed by atoms with Crippen LogP contribution in [0.25, 0.3) is 0 Å². The molecule has 0 bridgehead atoms. The third-order valence-corrected chi connectivity index (χ3v) is 3.13. The van der Waals surface area contributed by atoms with Crippen molar-refractivity contribution in [2.75, 3.05) is 6.61 Å². The normalized spacial score (nSPS) is 12.8. The quantitative estimate of drug-likeness (QED) is 0.454. The van der Waals surface area contributed by atoms with Gasteiger partial charge in [0.2, 0.25) is 5.91 Å². The SMILES string of the molecule is C=CCC(CC(=O)c1ccccc1)(NC(C)=O)C(=O)OCC. The topological polar surface area (TPSA) is 72.5 Å². The molecule has 1 rings (SSSR count). The van der Waals surface area contributed by atoms with Gasteiger partial charge >= 0.3 is 5.97 Å². The molecular formula is C17H21NO4. The minimum absolute atomic E-state index is 0.115. The number of hydrogen-bond acceptors (Lipinski definition) is 4. The van der Waals surface area contributed by atoms with Crippen LogP contribution in [0.1, 0.15) is 37.0 Å². The van der Waals surface area contributed by atoms with Crippen LogP contribution in [0, 0.1) is 0 Å². The van der Waals surface area contributed by atoms with Crippen molar-refractivity contribution < 1.29 is 19.1 Å². The second kappa shape index (κ2) is 8.12. The van der Waals surface area contributed by atoms with Crippen LogP contribution >= 0.6 is 0 Å². The van der Waals surface area contributed by atoms with Gasteiger partial charge in [-0.3, -0.25) is 9.59 Å². The van der Waals surface area contributed by atoms with Crippen LogP contribution in [0.5, 0.6) is 0 Å². The highest BCUT2D eigenvalue weighted by molar-refractivity contribution is 6.01. The van der Waals surface area contributed by atoms with Crippen LogP contribution < -0.4 is 5.32 Å². The highest BCUT2D eigenvalue weighted by Crippen LogP contribution is 2.22. The van der Waals surface area contributed by atoms with E-state index in [0.717, 1.165) is 0 Å². The number of carbonyl (C=O) groups is 3. The van der Waals surface area contributed by atoms with Crippen molar-refractivity contribution in [3.63, 3.8) is 0 Å². The van der Waals surface area contributed by atoms with Crippen molar-refractivity contribution in [3.05, 3.63) is 48.6 Å². The highest BCUT2D eigenvalue weighted by atomic mass is 16.5. The van der Waals surface area contributed by atoms with Gasteiger partial charge in [0.25, 0.3) is 0 Å². The van der Waals surface area contributed by atoms with Gasteiger partial charge in [-0.2, -0.15) is 0 Å². The maximum Gasteiger partial charge on any atom is 0.332 e. The molecule has 0 saturated carbocycles. The molecule has 0 aliphatic rings. The van der Waals surface area contributed by atoms with Gasteiger partial charge in [0.05, 0.1) is 6.61 Å². The molecule has 1 unspecified atom stereocenters. The molecule has 1 aromatic rings. The van der Waals surface area contributed by atoms with Gasteiger partial charge in [0, 0.05) is 18.9 Å². The average molecular weight is 303 g/mol. The molecule has 1 N–H and O–H groups in total. The monoisotopic (exact) mass is 303 g/mol. The number of esters is 1. The molecule has 1 amide bonds. The number of carbonyl (C=O) groups excluding carboxylic acids is 3. The Morgan fingerprint density at radius 2 is 1.91 bits per heavy atom. The smallest absolute Gasteiger partial charge is 0.332 e. The van der Waals surface area contributed by atoms with E-state index >= 15 is 0 Å². The summed E-state index contributed by atoms with van der Waals surface area (Å²) in [6, 6.07) is 8.61. The number of nitrogens with one attached hydrogen (secondary N) is 1. The standard InChI is InChI=1S/C17H21NO4/c1-4-11-17(18-13(3)19,16(21)22-5-2)12-15(20)14-9-7-6-8-10-14/h4,6-10H,1,5,11-12H2,2-3H3,(H,18,19). The predicted molar refractivity (Wildman–Crippen MR) is 83.4 cm³/mol. The molecule has 118 valence electrons. The zero-order valence-electron chi connectivity index (χ0n) is 12.9. The fraction of sp³-hybridized carbons (Fsp3) is 0.353. The lowest BCUT2D eigenvalue weighted by molar-refractivity contribution is -0.153. The minimum Gasteiger partial charge on any atom is -0.464 e. The van der Waals surface area contributed by atoms with Crippen molar-refractivity contribution in [1.29, 1.82) is 0 Å². The van der Waals surface area contributed by atoms with Gasteiger partial charge in [-0.25, -0.2) is 4.79 Å². The molecule has 1 aromatic carbocycles. The summed E-state index contributed by atoms with van der Waals surface area (Å²) in [5, 5.41) is 2.57. The molecule has 0 aliphatic heterocycles. The Bertz CT molecular complexity index is 553. The Kier molecular flexibility index (Phi) is 6.50. The van der Waals surface area contributed by atoms with E-state index in [0.29, 0.717) is 5.56 Å². The van der Waals surface area contributed by atoms with Crippen molar-refractivity contribution in [2.45, 2.75) is 32.2 Å². The van der Waals surface area contributed by atoms with E-state index in [1.165, 1.54) is 13.0 Å². The maximum atomic E-state index is 12.4. The Morgan fingerprint density at radius 3 is 2.41 bits per heavy atom. The van der Waals surface area contributed by atoms with E-state index in [1.807, 2.05) is 0 Å². The van der Waals surface area contributed by atoms with Gasteiger partial charge < -0.3 is 10.1 Å². The summed E-state index contributed by atoms with van der Waals surface area (Å²) >= 11 is 0. The first-order valence-corrected chi connectivity index (χ1v) is 7.10. The molecule has 5 nitrogen and oxygen atoms in total. The van der Waals surface area contributed by atoms with Gasteiger partial charge in [0.15, 0.2) is 5.78 Å². The zero-order chi connectivity index (χ0) is 16.6. The molecule has 0 fully saturated rings. The third kappa shape index (κ3) is 4.55. The molecule has 0 spiro atoms. The van der Waals surface area contributed by atoms with E-state index in [4.69, 9.17) is 4.74 Å². The van der Waals surface area contributed by atoms with E-state index < -0.39 is 17.4 Å². The van der Waals surface area contributed by atoms with Crippen LogP contribution in [0.4, 0.5) is 0 Å². The Morgan fingerprint density at radius 1 is 1.27 bits per heavy atom.